The first-order valence-electron chi connectivity index (χ1n) is 5.94. The topological polar surface area (TPSA) is 65.4 Å². The second kappa shape index (κ2) is 5.90. The molecule has 3 aromatic rings. The van der Waals surface area contributed by atoms with E-state index in [1.165, 1.54) is 0 Å². The van der Waals surface area contributed by atoms with Crippen molar-refractivity contribution in [2.45, 2.75) is 10.9 Å². The Hall–Kier alpha value is -2.10. The molecule has 0 saturated carbocycles. The predicted molar refractivity (Wildman–Crippen MR) is 80.4 cm³/mol. The lowest BCUT2D eigenvalue weighted by Crippen LogP contribution is -1.87. The molecule has 0 atom stereocenters. The molecule has 0 bridgehead atoms. The maximum Gasteiger partial charge on any atom is 0.189 e. The average molecular weight is 298 g/mol. The molecule has 1 aromatic carbocycles. The molecule has 98 valence electrons. The van der Waals surface area contributed by atoms with Gasteiger partial charge in [-0.1, -0.05) is 36.0 Å². The van der Waals surface area contributed by atoms with E-state index in [9.17, 15) is 0 Å². The highest BCUT2D eigenvalue weighted by atomic mass is 32.2. The maximum atomic E-state index is 9.05. The third-order valence-corrected chi connectivity index (χ3v) is 4.51. The van der Waals surface area contributed by atoms with Gasteiger partial charge in [-0.25, -0.2) is 0 Å². The second-order valence-electron chi connectivity index (χ2n) is 4.01. The van der Waals surface area contributed by atoms with Crippen LogP contribution in [0.15, 0.2) is 46.9 Å². The summed E-state index contributed by atoms with van der Waals surface area (Å²) in [5.41, 5.74) is 1.71. The fourth-order valence-electron chi connectivity index (χ4n) is 1.74. The number of thiophene rings is 1. The monoisotopic (exact) mass is 298 g/mol. The number of benzene rings is 1. The Kier molecular flexibility index (Phi) is 3.81. The molecule has 2 aromatic heterocycles. The second-order valence-corrected chi connectivity index (χ2v) is 5.93. The van der Waals surface area contributed by atoms with E-state index in [1.807, 2.05) is 41.8 Å². The zero-order valence-corrected chi connectivity index (χ0v) is 12.0. The molecule has 4 nitrogen and oxygen atoms in total. The summed E-state index contributed by atoms with van der Waals surface area (Å²) in [6.45, 7) is 0. The summed E-state index contributed by atoms with van der Waals surface area (Å²) >= 11 is 3.17. The molecule has 6 heteroatoms. The number of nitrogens with zero attached hydrogens (tertiary/aromatic N) is 3. The van der Waals surface area contributed by atoms with E-state index >= 15 is 0 Å². The van der Waals surface area contributed by atoms with E-state index in [2.05, 4.69) is 21.3 Å². The van der Waals surface area contributed by atoms with Gasteiger partial charge in [0.2, 0.25) is 0 Å². The van der Waals surface area contributed by atoms with Crippen molar-refractivity contribution < 1.29 is 0 Å². The molecule has 0 amide bonds. The van der Waals surface area contributed by atoms with Crippen molar-refractivity contribution in [1.82, 2.24) is 15.2 Å². The van der Waals surface area contributed by atoms with Gasteiger partial charge in [0.1, 0.15) is 0 Å². The molecule has 0 fully saturated rings. The molecular formula is C14H10N4S2. The molecule has 0 unspecified atom stereocenters. The van der Waals surface area contributed by atoms with Gasteiger partial charge in [0, 0.05) is 5.75 Å². The number of hydrogen-bond acceptors (Lipinski definition) is 5. The highest BCUT2D eigenvalue weighted by Crippen LogP contribution is 2.25. The molecule has 0 radical (unpaired) electrons. The molecule has 0 saturated heterocycles. The van der Waals surface area contributed by atoms with Crippen molar-refractivity contribution in [3.05, 3.63) is 52.9 Å². The third kappa shape index (κ3) is 2.74. The van der Waals surface area contributed by atoms with E-state index in [1.54, 1.807) is 23.1 Å². The van der Waals surface area contributed by atoms with E-state index in [4.69, 9.17) is 5.26 Å². The number of H-pyrrole nitrogens is 1. The third-order valence-electron chi connectivity index (χ3n) is 2.72. The van der Waals surface area contributed by atoms with Crippen LogP contribution in [0.25, 0.3) is 10.7 Å². The number of nitrogens with one attached hydrogen (secondary N) is 1. The molecule has 0 aliphatic heterocycles. The Morgan fingerprint density at radius 1 is 1.20 bits per heavy atom. The van der Waals surface area contributed by atoms with Crippen LogP contribution in [0, 0.1) is 11.3 Å². The fourth-order valence-corrected chi connectivity index (χ4v) is 3.21. The molecule has 0 aliphatic rings. The highest BCUT2D eigenvalue weighted by Gasteiger charge is 2.08. The summed E-state index contributed by atoms with van der Waals surface area (Å²) in [7, 11) is 0. The zero-order chi connectivity index (χ0) is 13.8. The van der Waals surface area contributed by atoms with Crippen LogP contribution in [0.2, 0.25) is 0 Å². The number of thioether (sulfide) groups is 1. The van der Waals surface area contributed by atoms with E-state index in [0.29, 0.717) is 11.3 Å². The smallest absolute Gasteiger partial charge is 0.189 e. The van der Waals surface area contributed by atoms with Crippen molar-refractivity contribution in [3.63, 3.8) is 0 Å². The van der Waals surface area contributed by atoms with Crippen LogP contribution in [-0.2, 0) is 5.75 Å². The van der Waals surface area contributed by atoms with Gasteiger partial charge >= 0.3 is 0 Å². The summed E-state index contributed by atoms with van der Waals surface area (Å²) in [5.74, 6) is 1.49. The summed E-state index contributed by atoms with van der Waals surface area (Å²) in [6, 6.07) is 13.8. The average Bonchev–Trinajstić information content (AvgIpc) is 3.16. The van der Waals surface area contributed by atoms with Crippen LogP contribution in [0.4, 0.5) is 0 Å². The highest BCUT2D eigenvalue weighted by molar-refractivity contribution is 7.98. The first-order chi connectivity index (χ1) is 9.86. The first kappa shape index (κ1) is 12.9. The van der Waals surface area contributed by atoms with Crippen LogP contribution in [0.3, 0.4) is 0 Å². The normalized spacial score (nSPS) is 10.3. The van der Waals surface area contributed by atoms with E-state index in [0.717, 1.165) is 21.4 Å². The van der Waals surface area contributed by atoms with Crippen molar-refractivity contribution in [2.75, 3.05) is 0 Å². The standard InChI is InChI=1S/C14H10N4S2/c15-8-10-4-1-2-5-11(10)9-20-14-16-13(17-18-14)12-6-3-7-19-12/h1-7H,9H2,(H,16,17,18). The largest absolute Gasteiger partial charge is 0.315 e. The van der Waals surface area contributed by atoms with E-state index in [-0.39, 0.29) is 0 Å². The minimum Gasteiger partial charge on any atom is -0.315 e. The summed E-state index contributed by atoms with van der Waals surface area (Å²) in [6.07, 6.45) is 0. The number of rotatable bonds is 4. The molecule has 0 aliphatic carbocycles. The molecule has 1 N–H and O–H groups in total. The Balaban J connectivity index is 1.72. The number of aromatic nitrogens is 3. The van der Waals surface area contributed by atoms with Gasteiger partial charge in [-0.15, -0.1) is 21.5 Å². The summed E-state index contributed by atoms with van der Waals surface area (Å²) in [4.78, 5) is 4.26. The molecule has 0 spiro atoms. The molecule has 3 rings (SSSR count). The van der Waals surface area contributed by atoms with Gasteiger partial charge in [-0.2, -0.15) is 5.26 Å². The van der Waals surface area contributed by atoms with Crippen LogP contribution < -0.4 is 0 Å². The molecular weight excluding hydrogens is 288 g/mol. The van der Waals surface area contributed by atoms with E-state index < -0.39 is 0 Å². The summed E-state index contributed by atoms with van der Waals surface area (Å²) in [5, 5.41) is 20.1. The van der Waals surface area contributed by atoms with Crippen LogP contribution >= 0.6 is 23.1 Å². The lowest BCUT2D eigenvalue weighted by Gasteiger charge is -2.00. The van der Waals surface area contributed by atoms with Gasteiger partial charge in [-0.3, -0.25) is 0 Å². The van der Waals surface area contributed by atoms with Crippen molar-refractivity contribution in [3.8, 4) is 16.8 Å². The lowest BCUT2D eigenvalue weighted by molar-refractivity contribution is 0.973. The Labute approximate surface area is 124 Å². The molecule has 2 heterocycles. The Morgan fingerprint density at radius 3 is 2.90 bits per heavy atom. The Morgan fingerprint density at radius 2 is 2.10 bits per heavy atom. The minimum atomic E-state index is 0.697. The Bertz CT molecular complexity index is 741. The zero-order valence-electron chi connectivity index (χ0n) is 10.4. The minimum absolute atomic E-state index is 0.697. The maximum absolute atomic E-state index is 9.05. The van der Waals surface area contributed by atoms with Gasteiger partial charge in [-0.05, 0) is 23.1 Å². The van der Waals surface area contributed by atoms with Gasteiger partial charge < -0.3 is 4.98 Å². The van der Waals surface area contributed by atoms with Crippen LogP contribution in [0.5, 0.6) is 0 Å². The van der Waals surface area contributed by atoms with Crippen molar-refractivity contribution in [2.24, 2.45) is 0 Å². The SMILES string of the molecule is N#Cc1ccccc1CSc1nnc(-c2cccs2)[nH]1. The lowest BCUT2D eigenvalue weighted by atomic mass is 10.1. The summed E-state index contributed by atoms with van der Waals surface area (Å²) < 4.78 is 0. The fraction of sp³-hybridized carbons (Fsp3) is 0.0714. The molecule has 20 heavy (non-hydrogen) atoms. The predicted octanol–water partition coefficient (Wildman–Crippen LogP) is 3.70. The number of nitriles is 1. The van der Waals surface area contributed by atoms with Crippen molar-refractivity contribution in [1.29, 1.82) is 5.26 Å². The van der Waals surface area contributed by atoms with Gasteiger partial charge in [0.15, 0.2) is 11.0 Å². The number of hydrogen-bond donors (Lipinski definition) is 1. The van der Waals surface area contributed by atoms with Gasteiger partial charge in [0.05, 0.1) is 16.5 Å². The van der Waals surface area contributed by atoms with Crippen LogP contribution in [0.1, 0.15) is 11.1 Å². The quantitative estimate of drug-likeness (QED) is 0.746. The first-order valence-corrected chi connectivity index (χ1v) is 7.80. The number of aromatic amines is 1. The van der Waals surface area contributed by atoms with Crippen molar-refractivity contribution >= 4 is 23.1 Å². The van der Waals surface area contributed by atoms with Crippen LogP contribution in [-0.4, -0.2) is 15.2 Å². The van der Waals surface area contributed by atoms with Gasteiger partial charge in [0.25, 0.3) is 0 Å².